The summed E-state index contributed by atoms with van der Waals surface area (Å²) in [6, 6.07) is 4.06. The highest BCUT2D eigenvalue weighted by Crippen LogP contribution is 2.12. The molecular formula is C11H9N5. The maximum absolute atomic E-state index is 4.29. The molecule has 3 aromatic rings. The number of H-pyrrole nitrogens is 1. The summed E-state index contributed by atoms with van der Waals surface area (Å²) in [6.45, 7) is 0. The van der Waals surface area contributed by atoms with E-state index in [-0.39, 0.29) is 0 Å². The van der Waals surface area contributed by atoms with E-state index < -0.39 is 0 Å². The van der Waals surface area contributed by atoms with E-state index in [9.17, 15) is 0 Å². The zero-order valence-corrected chi connectivity index (χ0v) is 8.41. The molecule has 0 saturated heterocycles. The number of rotatable bonds is 2. The van der Waals surface area contributed by atoms with Crippen molar-refractivity contribution in [3.05, 3.63) is 42.7 Å². The van der Waals surface area contributed by atoms with Gasteiger partial charge in [-0.2, -0.15) is 5.10 Å². The summed E-state index contributed by atoms with van der Waals surface area (Å²) in [4.78, 5) is 11.2. The van der Waals surface area contributed by atoms with Gasteiger partial charge in [-0.15, -0.1) is 0 Å². The van der Waals surface area contributed by atoms with Crippen LogP contribution < -0.4 is 0 Å². The topological polar surface area (TPSA) is 59.4 Å². The van der Waals surface area contributed by atoms with E-state index in [2.05, 4.69) is 26.1 Å². The number of aromatic amines is 1. The van der Waals surface area contributed by atoms with Gasteiger partial charge in [0.25, 0.3) is 0 Å². The lowest BCUT2D eigenvalue weighted by Crippen LogP contribution is -1.85. The number of nitrogens with zero attached hydrogens (tertiary/aromatic N) is 4. The molecule has 3 heterocycles. The molecular weight excluding hydrogens is 202 g/mol. The van der Waals surface area contributed by atoms with Crippen LogP contribution in [0.25, 0.3) is 23.3 Å². The van der Waals surface area contributed by atoms with Crippen LogP contribution in [0.1, 0.15) is 5.56 Å². The van der Waals surface area contributed by atoms with Gasteiger partial charge in [0.15, 0.2) is 0 Å². The molecule has 0 aliphatic heterocycles. The summed E-state index contributed by atoms with van der Waals surface area (Å²) < 4.78 is 1.64. The van der Waals surface area contributed by atoms with Gasteiger partial charge in [-0.05, 0) is 23.8 Å². The fourth-order valence-electron chi connectivity index (χ4n) is 1.50. The molecule has 0 radical (unpaired) electrons. The number of fused-ring (bicyclic) bond motifs is 1. The number of hydrogen-bond acceptors (Lipinski definition) is 3. The Morgan fingerprint density at radius 1 is 1.38 bits per heavy atom. The van der Waals surface area contributed by atoms with Crippen LogP contribution in [0.3, 0.4) is 0 Å². The van der Waals surface area contributed by atoms with E-state index >= 15 is 0 Å². The van der Waals surface area contributed by atoms with Crippen molar-refractivity contribution < 1.29 is 0 Å². The monoisotopic (exact) mass is 211 g/mol. The Balaban J connectivity index is 1.94. The van der Waals surface area contributed by atoms with Crippen LogP contribution in [0, 0.1) is 0 Å². The van der Waals surface area contributed by atoms with Crippen molar-refractivity contribution in [3.63, 3.8) is 0 Å². The lowest BCUT2D eigenvalue weighted by atomic mass is 10.2. The van der Waals surface area contributed by atoms with Gasteiger partial charge in [0.1, 0.15) is 18.3 Å². The van der Waals surface area contributed by atoms with Gasteiger partial charge >= 0.3 is 0 Å². The molecule has 0 fully saturated rings. The van der Waals surface area contributed by atoms with Crippen LogP contribution in [0.2, 0.25) is 0 Å². The van der Waals surface area contributed by atoms with Crippen molar-refractivity contribution in [3.8, 4) is 0 Å². The molecule has 3 aromatic heterocycles. The van der Waals surface area contributed by atoms with Gasteiger partial charge in [0, 0.05) is 24.0 Å². The summed E-state index contributed by atoms with van der Waals surface area (Å²) in [5.41, 5.74) is 1.93. The van der Waals surface area contributed by atoms with Crippen LogP contribution in [0.15, 0.2) is 37.2 Å². The Hall–Kier alpha value is -2.43. The zero-order valence-electron chi connectivity index (χ0n) is 8.41. The molecule has 1 N–H and O–H groups in total. The van der Waals surface area contributed by atoms with Crippen molar-refractivity contribution >= 4 is 23.3 Å². The van der Waals surface area contributed by atoms with E-state index in [1.54, 1.807) is 11.0 Å². The second-order valence-electron chi connectivity index (χ2n) is 3.38. The molecule has 5 heteroatoms. The molecule has 0 bridgehead atoms. The molecule has 0 aliphatic carbocycles. The summed E-state index contributed by atoms with van der Waals surface area (Å²) in [5.74, 6) is 0. The standard InChI is InChI=1S/C11H9N5/c1-3-13-11-10(1)5-9(6-14-11)2-4-16-8-12-7-15-16/h1-8H,(H,13,14). The van der Waals surface area contributed by atoms with Crippen molar-refractivity contribution in [2.45, 2.75) is 0 Å². The van der Waals surface area contributed by atoms with E-state index in [0.29, 0.717) is 0 Å². The van der Waals surface area contributed by atoms with E-state index in [1.165, 1.54) is 6.33 Å². The lowest BCUT2D eigenvalue weighted by Gasteiger charge is -1.93. The van der Waals surface area contributed by atoms with Crippen molar-refractivity contribution in [2.75, 3.05) is 0 Å². The first kappa shape index (κ1) is 8.84. The molecule has 3 rings (SSSR count). The van der Waals surface area contributed by atoms with Crippen molar-refractivity contribution in [2.24, 2.45) is 0 Å². The Bertz CT molecular complexity index is 621. The Labute approximate surface area is 91.5 Å². The lowest BCUT2D eigenvalue weighted by molar-refractivity contribution is 0.936. The largest absolute Gasteiger partial charge is 0.346 e. The smallest absolute Gasteiger partial charge is 0.138 e. The fraction of sp³-hybridized carbons (Fsp3) is 0. The van der Waals surface area contributed by atoms with Gasteiger partial charge in [-0.1, -0.05) is 0 Å². The average Bonchev–Trinajstić information content (AvgIpc) is 2.97. The van der Waals surface area contributed by atoms with E-state index in [4.69, 9.17) is 0 Å². The van der Waals surface area contributed by atoms with Gasteiger partial charge in [-0.25, -0.2) is 14.6 Å². The summed E-state index contributed by atoms with van der Waals surface area (Å²) in [6.07, 6.45) is 10.6. The van der Waals surface area contributed by atoms with Crippen LogP contribution in [0.4, 0.5) is 0 Å². The second-order valence-corrected chi connectivity index (χ2v) is 3.38. The molecule has 0 unspecified atom stereocenters. The molecule has 0 amide bonds. The highest BCUT2D eigenvalue weighted by Gasteiger charge is 1.95. The Morgan fingerprint density at radius 3 is 3.25 bits per heavy atom. The van der Waals surface area contributed by atoms with E-state index in [0.717, 1.165) is 16.6 Å². The predicted octanol–water partition coefficient (Wildman–Crippen LogP) is 1.78. The minimum Gasteiger partial charge on any atom is -0.346 e. The fourth-order valence-corrected chi connectivity index (χ4v) is 1.50. The zero-order chi connectivity index (χ0) is 10.8. The third-order valence-electron chi connectivity index (χ3n) is 2.28. The average molecular weight is 211 g/mol. The first-order valence-corrected chi connectivity index (χ1v) is 4.87. The predicted molar refractivity (Wildman–Crippen MR) is 61.3 cm³/mol. The van der Waals surface area contributed by atoms with Crippen LogP contribution in [0.5, 0.6) is 0 Å². The minimum atomic E-state index is 0.901. The molecule has 0 saturated carbocycles. The van der Waals surface area contributed by atoms with Crippen LogP contribution in [-0.4, -0.2) is 24.7 Å². The highest BCUT2D eigenvalue weighted by molar-refractivity contribution is 5.78. The van der Waals surface area contributed by atoms with Gasteiger partial charge in [0.2, 0.25) is 0 Å². The summed E-state index contributed by atoms with van der Waals surface area (Å²) >= 11 is 0. The van der Waals surface area contributed by atoms with E-state index in [1.807, 2.05) is 30.7 Å². The number of hydrogen-bond donors (Lipinski definition) is 1. The molecule has 0 aromatic carbocycles. The Morgan fingerprint density at radius 2 is 2.38 bits per heavy atom. The first-order chi connectivity index (χ1) is 7.92. The minimum absolute atomic E-state index is 0.901. The van der Waals surface area contributed by atoms with Gasteiger partial charge in [-0.3, -0.25) is 0 Å². The number of aromatic nitrogens is 5. The summed E-state index contributed by atoms with van der Waals surface area (Å²) in [5, 5.41) is 5.07. The molecule has 0 spiro atoms. The summed E-state index contributed by atoms with van der Waals surface area (Å²) in [7, 11) is 0. The van der Waals surface area contributed by atoms with Crippen LogP contribution in [-0.2, 0) is 0 Å². The third kappa shape index (κ3) is 1.58. The molecule has 0 aliphatic rings. The van der Waals surface area contributed by atoms with Crippen molar-refractivity contribution in [1.82, 2.24) is 24.7 Å². The first-order valence-electron chi connectivity index (χ1n) is 4.87. The normalized spacial score (nSPS) is 11.5. The molecule has 5 nitrogen and oxygen atoms in total. The highest BCUT2D eigenvalue weighted by atomic mass is 15.3. The SMILES string of the molecule is C(=Cn1cncn1)c1cnc2[nH]ccc2c1. The molecule has 78 valence electrons. The quantitative estimate of drug-likeness (QED) is 0.702. The third-order valence-corrected chi connectivity index (χ3v) is 2.28. The molecule has 0 atom stereocenters. The maximum atomic E-state index is 4.29. The van der Waals surface area contributed by atoms with Crippen LogP contribution >= 0.6 is 0 Å². The second kappa shape index (κ2) is 3.62. The Kier molecular flexibility index (Phi) is 2.00. The van der Waals surface area contributed by atoms with Crippen molar-refractivity contribution in [1.29, 1.82) is 0 Å². The number of pyridine rings is 1. The molecule has 16 heavy (non-hydrogen) atoms. The maximum Gasteiger partial charge on any atom is 0.138 e. The number of nitrogens with one attached hydrogen (secondary N) is 1. The van der Waals surface area contributed by atoms with Gasteiger partial charge in [0.05, 0.1) is 0 Å². The van der Waals surface area contributed by atoms with Gasteiger partial charge < -0.3 is 4.98 Å².